The summed E-state index contributed by atoms with van der Waals surface area (Å²) in [5, 5.41) is 13.6. The highest BCUT2D eigenvalue weighted by molar-refractivity contribution is 7.91. The van der Waals surface area contributed by atoms with Gasteiger partial charge in [-0.3, -0.25) is 10.1 Å². The molecular weight excluding hydrogens is 318 g/mol. The van der Waals surface area contributed by atoms with Crippen LogP contribution in [0, 0.1) is 17.0 Å². The van der Waals surface area contributed by atoms with Gasteiger partial charge in [0.05, 0.1) is 11.5 Å². The number of aryl methyl sites for hydroxylation is 1. The number of anilines is 1. The van der Waals surface area contributed by atoms with E-state index in [0.29, 0.717) is 11.5 Å². The zero-order valence-electron chi connectivity index (χ0n) is 11.2. The van der Waals surface area contributed by atoms with E-state index in [1.807, 2.05) is 0 Å². The first kappa shape index (κ1) is 15.5. The maximum atomic E-state index is 12.1. The first-order valence-corrected chi connectivity index (χ1v) is 8.14. The van der Waals surface area contributed by atoms with Crippen LogP contribution in [0.1, 0.15) is 11.5 Å². The van der Waals surface area contributed by atoms with Crippen molar-refractivity contribution in [1.29, 1.82) is 0 Å². The van der Waals surface area contributed by atoms with Crippen LogP contribution >= 0.6 is 11.3 Å². The Morgan fingerprint density at radius 3 is 2.62 bits per heavy atom. The Balaban J connectivity index is 2.21. The van der Waals surface area contributed by atoms with Crippen molar-refractivity contribution in [3.05, 3.63) is 39.8 Å². The van der Waals surface area contributed by atoms with E-state index in [9.17, 15) is 18.5 Å². The molecule has 0 aliphatic carbocycles. The average molecular weight is 331 g/mol. The number of nitrogens with zero attached hydrogens (tertiary/aromatic N) is 1. The van der Waals surface area contributed by atoms with E-state index in [4.69, 9.17) is 4.42 Å². The van der Waals surface area contributed by atoms with Gasteiger partial charge in [-0.15, -0.1) is 0 Å². The Morgan fingerprint density at radius 2 is 2.14 bits per heavy atom. The third-order valence-corrected chi connectivity index (χ3v) is 5.63. The minimum absolute atomic E-state index is 0.0171. The van der Waals surface area contributed by atoms with E-state index in [1.54, 1.807) is 19.1 Å². The number of rotatable bonds is 6. The fourth-order valence-corrected chi connectivity index (χ4v) is 3.94. The zero-order valence-corrected chi connectivity index (χ0v) is 12.9. The lowest BCUT2D eigenvalue weighted by Gasteiger charge is -2.01. The van der Waals surface area contributed by atoms with E-state index in [-0.39, 0.29) is 21.4 Å². The van der Waals surface area contributed by atoms with Crippen molar-refractivity contribution >= 4 is 32.0 Å². The highest BCUT2D eigenvalue weighted by atomic mass is 32.2. The molecular formula is C11H13N3O5S2. The molecule has 114 valence electrons. The molecule has 2 heterocycles. The molecule has 0 aromatic carbocycles. The third-order valence-electron chi connectivity index (χ3n) is 2.61. The molecule has 0 unspecified atom stereocenters. The maximum Gasteiger partial charge on any atom is 0.304 e. The Labute approximate surface area is 125 Å². The fourth-order valence-electron chi connectivity index (χ4n) is 1.62. The summed E-state index contributed by atoms with van der Waals surface area (Å²) in [6.07, 6.45) is 0. The average Bonchev–Trinajstić information content (AvgIpc) is 3.02. The second-order valence-corrected chi connectivity index (χ2v) is 7.17. The third kappa shape index (κ3) is 3.40. The van der Waals surface area contributed by atoms with Gasteiger partial charge >= 0.3 is 5.69 Å². The van der Waals surface area contributed by atoms with Gasteiger partial charge in [0.15, 0.2) is 5.00 Å². The molecule has 0 radical (unpaired) electrons. The van der Waals surface area contributed by atoms with Crippen LogP contribution in [-0.4, -0.2) is 20.4 Å². The first-order chi connectivity index (χ1) is 9.83. The van der Waals surface area contributed by atoms with Crippen molar-refractivity contribution in [2.24, 2.45) is 0 Å². The molecule has 8 nitrogen and oxygen atoms in total. The smallest absolute Gasteiger partial charge is 0.304 e. The predicted octanol–water partition coefficient (Wildman–Crippen LogP) is 2.08. The molecule has 2 aromatic heterocycles. The number of thiophene rings is 1. The topological polar surface area (TPSA) is 114 Å². The number of sulfonamides is 1. The molecule has 0 saturated heterocycles. The van der Waals surface area contributed by atoms with Crippen molar-refractivity contribution in [2.75, 3.05) is 12.4 Å². The lowest BCUT2D eigenvalue weighted by Crippen LogP contribution is -2.22. The Morgan fingerprint density at radius 1 is 1.43 bits per heavy atom. The summed E-state index contributed by atoms with van der Waals surface area (Å²) in [6.45, 7) is 1.73. The van der Waals surface area contributed by atoms with Crippen LogP contribution in [0.4, 0.5) is 10.7 Å². The Bertz CT molecular complexity index is 763. The summed E-state index contributed by atoms with van der Waals surface area (Å²) in [6, 6.07) is 4.42. The summed E-state index contributed by atoms with van der Waals surface area (Å²) in [7, 11) is -2.34. The molecule has 0 atom stereocenters. The van der Waals surface area contributed by atoms with Crippen molar-refractivity contribution in [3.8, 4) is 0 Å². The molecule has 2 aromatic rings. The van der Waals surface area contributed by atoms with Gasteiger partial charge in [-0.25, -0.2) is 13.1 Å². The molecule has 21 heavy (non-hydrogen) atoms. The minimum Gasteiger partial charge on any atom is -0.465 e. The summed E-state index contributed by atoms with van der Waals surface area (Å²) < 4.78 is 31.7. The number of furan rings is 1. The van der Waals surface area contributed by atoms with Crippen LogP contribution in [0.15, 0.2) is 26.8 Å². The molecule has 0 aliphatic rings. The van der Waals surface area contributed by atoms with Gasteiger partial charge in [0, 0.05) is 13.1 Å². The van der Waals surface area contributed by atoms with Crippen LogP contribution in [0.3, 0.4) is 0 Å². The Hall–Kier alpha value is -1.91. The zero-order chi connectivity index (χ0) is 15.6. The number of hydrogen-bond donors (Lipinski definition) is 2. The van der Waals surface area contributed by atoms with E-state index >= 15 is 0 Å². The molecule has 0 bridgehead atoms. The summed E-state index contributed by atoms with van der Waals surface area (Å²) >= 11 is 0.801. The largest absolute Gasteiger partial charge is 0.465 e. The van der Waals surface area contributed by atoms with Crippen molar-refractivity contribution in [1.82, 2.24) is 4.72 Å². The summed E-state index contributed by atoms with van der Waals surface area (Å²) in [5.41, 5.74) is -0.267. The quantitative estimate of drug-likeness (QED) is 0.618. The number of nitro groups is 1. The molecule has 10 heteroatoms. The SMILES string of the molecule is CNc1sc(S(=O)(=O)NCc2ccc(C)o2)cc1[N+](=O)[O-]. The molecule has 2 rings (SSSR count). The fraction of sp³-hybridized carbons (Fsp3) is 0.273. The van der Waals surface area contributed by atoms with Crippen LogP contribution in [0.25, 0.3) is 0 Å². The summed E-state index contributed by atoms with van der Waals surface area (Å²) in [4.78, 5) is 10.2. The molecule has 0 saturated carbocycles. The monoisotopic (exact) mass is 331 g/mol. The van der Waals surface area contributed by atoms with Crippen LogP contribution in [-0.2, 0) is 16.6 Å². The first-order valence-electron chi connectivity index (χ1n) is 5.84. The summed E-state index contributed by atoms with van der Waals surface area (Å²) in [5.74, 6) is 1.14. The Kier molecular flexibility index (Phi) is 4.30. The van der Waals surface area contributed by atoms with Gasteiger partial charge in [0.1, 0.15) is 15.7 Å². The van der Waals surface area contributed by atoms with Crippen molar-refractivity contribution in [2.45, 2.75) is 17.7 Å². The van der Waals surface area contributed by atoms with Crippen molar-refractivity contribution in [3.63, 3.8) is 0 Å². The van der Waals surface area contributed by atoms with Gasteiger partial charge in [-0.05, 0) is 19.1 Å². The second kappa shape index (κ2) is 5.84. The van der Waals surface area contributed by atoms with Gasteiger partial charge in [-0.1, -0.05) is 11.3 Å². The lowest BCUT2D eigenvalue weighted by atomic mass is 10.4. The van der Waals surface area contributed by atoms with Gasteiger partial charge in [0.2, 0.25) is 0 Å². The number of hydrogen-bond acceptors (Lipinski definition) is 7. The van der Waals surface area contributed by atoms with Crippen LogP contribution in [0.5, 0.6) is 0 Å². The second-order valence-electron chi connectivity index (χ2n) is 4.12. The normalized spacial score (nSPS) is 11.5. The molecule has 0 spiro atoms. The minimum atomic E-state index is -3.83. The van der Waals surface area contributed by atoms with E-state index < -0.39 is 14.9 Å². The van der Waals surface area contributed by atoms with Crippen LogP contribution in [0.2, 0.25) is 0 Å². The van der Waals surface area contributed by atoms with Gasteiger partial charge in [-0.2, -0.15) is 0 Å². The molecule has 0 aliphatic heterocycles. The van der Waals surface area contributed by atoms with Crippen LogP contribution < -0.4 is 10.0 Å². The van der Waals surface area contributed by atoms with Crippen molar-refractivity contribution < 1.29 is 17.8 Å². The van der Waals surface area contributed by atoms with E-state index in [2.05, 4.69) is 10.0 Å². The standard InChI is InChI=1S/C11H13N3O5S2/c1-7-3-4-8(19-7)6-13-21(17,18)10-5-9(14(15)16)11(12-2)20-10/h3-5,12-13H,6H2,1-2H3. The van der Waals surface area contributed by atoms with E-state index in [0.717, 1.165) is 17.4 Å². The molecule has 2 N–H and O–H groups in total. The highest BCUT2D eigenvalue weighted by Crippen LogP contribution is 2.36. The predicted molar refractivity (Wildman–Crippen MR) is 78.0 cm³/mol. The molecule has 0 amide bonds. The molecule has 0 fully saturated rings. The van der Waals surface area contributed by atoms with Gasteiger partial charge < -0.3 is 9.73 Å². The maximum absolute atomic E-state index is 12.1. The number of nitrogens with one attached hydrogen (secondary N) is 2. The highest BCUT2D eigenvalue weighted by Gasteiger charge is 2.25. The van der Waals surface area contributed by atoms with E-state index in [1.165, 1.54) is 7.05 Å². The van der Waals surface area contributed by atoms with Gasteiger partial charge in [0.25, 0.3) is 10.0 Å². The lowest BCUT2D eigenvalue weighted by molar-refractivity contribution is -0.383.